The molecule has 0 radical (unpaired) electrons. The molecule has 0 aromatic heterocycles. The van der Waals surface area contributed by atoms with Gasteiger partial charge >= 0.3 is 0 Å². The average Bonchev–Trinajstić information content (AvgIpc) is 2.48. The van der Waals surface area contributed by atoms with E-state index in [0.717, 1.165) is 0 Å². The van der Waals surface area contributed by atoms with Crippen molar-refractivity contribution in [1.29, 1.82) is 0 Å². The third kappa shape index (κ3) is 1.30. The Morgan fingerprint density at radius 2 is 2.20 bits per heavy atom. The number of halogens is 2. The van der Waals surface area contributed by atoms with Gasteiger partial charge in [0.1, 0.15) is 5.75 Å². The molecule has 82 valence electrons. The van der Waals surface area contributed by atoms with Crippen molar-refractivity contribution in [2.24, 2.45) is 0 Å². The summed E-state index contributed by atoms with van der Waals surface area (Å²) in [7, 11) is 1.41. The predicted molar refractivity (Wildman–Crippen MR) is 54.5 cm³/mol. The van der Waals surface area contributed by atoms with Crippen LogP contribution < -0.4 is 15.8 Å². The average molecular weight is 214 g/mol. The molecule has 0 fully saturated rings. The Morgan fingerprint density at radius 1 is 1.53 bits per heavy atom. The van der Waals surface area contributed by atoms with E-state index in [4.69, 9.17) is 10.5 Å². The molecule has 3 nitrogen and oxygen atoms in total. The summed E-state index contributed by atoms with van der Waals surface area (Å²) >= 11 is 0. The van der Waals surface area contributed by atoms with E-state index in [1.807, 2.05) is 0 Å². The molecule has 0 amide bonds. The summed E-state index contributed by atoms with van der Waals surface area (Å²) < 4.78 is 32.0. The number of benzene rings is 1. The van der Waals surface area contributed by atoms with Gasteiger partial charge in [0.15, 0.2) is 0 Å². The number of anilines is 2. The van der Waals surface area contributed by atoms with E-state index in [1.54, 1.807) is 13.0 Å². The Morgan fingerprint density at radius 3 is 2.80 bits per heavy atom. The van der Waals surface area contributed by atoms with Gasteiger partial charge in [-0.1, -0.05) is 0 Å². The van der Waals surface area contributed by atoms with Gasteiger partial charge in [-0.05, 0) is 18.6 Å². The van der Waals surface area contributed by atoms with Gasteiger partial charge in [0.2, 0.25) is 0 Å². The largest absolute Gasteiger partial charge is 0.495 e. The summed E-state index contributed by atoms with van der Waals surface area (Å²) in [5, 5.41) is 2.67. The monoisotopic (exact) mass is 214 g/mol. The second kappa shape index (κ2) is 2.98. The molecule has 0 bridgehead atoms. The Hall–Kier alpha value is -1.52. The summed E-state index contributed by atoms with van der Waals surface area (Å²) in [4.78, 5) is 0. The first-order valence-electron chi connectivity index (χ1n) is 4.56. The maximum atomic E-state index is 13.5. The summed E-state index contributed by atoms with van der Waals surface area (Å²) in [5.41, 5.74) is 6.67. The second-order valence-electron chi connectivity index (χ2n) is 3.62. The summed E-state index contributed by atoms with van der Waals surface area (Å²) in [6.45, 7) is 1.34. The quantitative estimate of drug-likeness (QED) is 0.704. The van der Waals surface area contributed by atoms with E-state index >= 15 is 0 Å². The minimum atomic E-state index is -2.92. The van der Waals surface area contributed by atoms with Crippen LogP contribution in [-0.2, 0) is 5.92 Å². The number of methoxy groups -OCH3 is 1. The molecule has 1 aliphatic rings. The molecule has 3 N–H and O–H groups in total. The number of aryl methyl sites for hydroxylation is 1. The van der Waals surface area contributed by atoms with Crippen LogP contribution in [0.15, 0.2) is 6.07 Å². The number of alkyl halides is 2. The standard InChI is InChI=1S/C10H12F2N2O/c1-5-3-6(15-2)8(13)7-9(5)14-4-10(7,11)12/h3,14H,4,13H2,1-2H3. The van der Waals surface area contributed by atoms with Crippen LogP contribution >= 0.6 is 0 Å². The van der Waals surface area contributed by atoms with Crippen LogP contribution in [0.4, 0.5) is 20.2 Å². The highest BCUT2D eigenvalue weighted by atomic mass is 19.3. The van der Waals surface area contributed by atoms with Gasteiger partial charge in [0.05, 0.1) is 24.9 Å². The fraction of sp³-hybridized carbons (Fsp3) is 0.400. The number of nitrogens with one attached hydrogen (secondary N) is 1. The van der Waals surface area contributed by atoms with E-state index in [0.29, 0.717) is 17.0 Å². The van der Waals surface area contributed by atoms with E-state index < -0.39 is 12.5 Å². The predicted octanol–water partition coefficient (Wildman–Crippen LogP) is 2.10. The molecule has 0 aliphatic carbocycles. The minimum absolute atomic E-state index is 0.0214. The number of nitrogens with two attached hydrogens (primary N) is 1. The molecule has 0 spiro atoms. The first-order chi connectivity index (χ1) is 6.97. The molecule has 0 saturated heterocycles. The minimum Gasteiger partial charge on any atom is -0.495 e. The van der Waals surface area contributed by atoms with Crippen LogP contribution in [0.5, 0.6) is 5.75 Å². The molecule has 15 heavy (non-hydrogen) atoms. The third-order valence-electron chi connectivity index (χ3n) is 2.60. The van der Waals surface area contributed by atoms with Gasteiger partial charge in [0, 0.05) is 5.69 Å². The zero-order valence-electron chi connectivity index (χ0n) is 8.53. The summed E-state index contributed by atoms with van der Waals surface area (Å²) in [6, 6.07) is 1.66. The number of rotatable bonds is 1. The van der Waals surface area contributed by atoms with E-state index in [9.17, 15) is 8.78 Å². The van der Waals surface area contributed by atoms with Crippen molar-refractivity contribution in [1.82, 2.24) is 0 Å². The summed E-state index contributed by atoms with van der Waals surface area (Å²) in [6.07, 6.45) is 0. The molecule has 1 aromatic carbocycles. The van der Waals surface area contributed by atoms with Gasteiger partial charge in [-0.25, -0.2) is 0 Å². The lowest BCUT2D eigenvalue weighted by atomic mass is 10.0. The number of ether oxygens (including phenoxy) is 1. The third-order valence-corrected chi connectivity index (χ3v) is 2.60. The Balaban J connectivity index is 2.71. The zero-order chi connectivity index (χ0) is 11.2. The van der Waals surface area contributed by atoms with Crippen LogP contribution in [0.3, 0.4) is 0 Å². The topological polar surface area (TPSA) is 47.3 Å². The Kier molecular flexibility index (Phi) is 1.99. The number of hydrogen-bond donors (Lipinski definition) is 2. The van der Waals surface area contributed by atoms with Crippen LogP contribution in [0, 0.1) is 6.92 Å². The molecular weight excluding hydrogens is 202 g/mol. The van der Waals surface area contributed by atoms with Gasteiger partial charge in [-0.2, -0.15) is 8.78 Å². The normalized spacial score (nSPS) is 17.1. The molecule has 2 rings (SSSR count). The Labute approximate surface area is 86.2 Å². The molecule has 0 saturated carbocycles. The second-order valence-corrected chi connectivity index (χ2v) is 3.62. The fourth-order valence-electron chi connectivity index (χ4n) is 1.87. The van der Waals surface area contributed by atoms with E-state index in [-0.39, 0.29) is 11.3 Å². The lowest BCUT2D eigenvalue weighted by molar-refractivity contribution is 0.0191. The van der Waals surface area contributed by atoms with Gasteiger partial charge in [-0.15, -0.1) is 0 Å². The van der Waals surface area contributed by atoms with Crippen LogP contribution in [-0.4, -0.2) is 13.7 Å². The van der Waals surface area contributed by atoms with Crippen molar-refractivity contribution in [3.05, 3.63) is 17.2 Å². The van der Waals surface area contributed by atoms with Crippen LogP contribution in [0.2, 0.25) is 0 Å². The smallest absolute Gasteiger partial charge is 0.294 e. The van der Waals surface area contributed by atoms with Crippen molar-refractivity contribution < 1.29 is 13.5 Å². The Bertz CT molecular complexity index is 418. The lowest BCUT2D eigenvalue weighted by Crippen LogP contribution is -2.16. The highest BCUT2D eigenvalue weighted by Gasteiger charge is 2.43. The zero-order valence-corrected chi connectivity index (χ0v) is 8.53. The van der Waals surface area contributed by atoms with E-state index in [1.165, 1.54) is 7.11 Å². The fourth-order valence-corrected chi connectivity index (χ4v) is 1.87. The van der Waals surface area contributed by atoms with Gasteiger partial charge < -0.3 is 15.8 Å². The maximum absolute atomic E-state index is 13.5. The van der Waals surface area contributed by atoms with Crippen molar-refractivity contribution >= 4 is 11.4 Å². The molecule has 1 heterocycles. The number of hydrogen-bond acceptors (Lipinski definition) is 3. The molecular formula is C10H12F2N2O. The maximum Gasteiger partial charge on any atom is 0.294 e. The first kappa shape index (κ1) is 10.0. The molecule has 0 atom stereocenters. The van der Waals surface area contributed by atoms with Crippen molar-refractivity contribution in [3.63, 3.8) is 0 Å². The van der Waals surface area contributed by atoms with E-state index in [2.05, 4.69) is 5.32 Å². The van der Waals surface area contributed by atoms with Crippen molar-refractivity contribution in [2.75, 3.05) is 24.7 Å². The number of fused-ring (bicyclic) bond motifs is 1. The highest BCUT2D eigenvalue weighted by molar-refractivity contribution is 5.77. The van der Waals surface area contributed by atoms with Crippen LogP contribution in [0.25, 0.3) is 0 Å². The summed E-state index contributed by atoms with van der Waals surface area (Å²) in [5.74, 6) is -2.62. The van der Waals surface area contributed by atoms with Gasteiger partial charge in [0.25, 0.3) is 5.92 Å². The lowest BCUT2D eigenvalue weighted by Gasteiger charge is -2.15. The molecule has 1 aliphatic heterocycles. The van der Waals surface area contributed by atoms with Crippen molar-refractivity contribution in [3.8, 4) is 5.75 Å². The van der Waals surface area contributed by atoms with Crippen LogP contribution in [0.1, 0.15) is 11.1 Å². The SMILES string of the molecule is COc1cc(C)c2c(c1N)C(F)(F)CN2. The first-order valence-corrected chi connectivity index (χ1v) is 4.56. The highest BCUT2D eigenvalue weighted by Crippen LogP contribution is 2.47. The number of nitrogen functional groups attached to an aromatic ring is 1. The van der Waals surface area contributed by atoms with Crippen molar-refractivity contribution in [2.45, 2.75) is 12.8 Å². The molecule has 0 unspecified atom stereocenters. The molecule has 1 aromatic rings. The van der Waals surface area contributed by atoms with Gasteiger partial charge in [-0.3, -0.25) is 0 Å². The molecule has 5 heteroatoms.